The van der Waals surface area contributed by atoms with Gasteiger partial charge in [0.15, 0.2) is 11.0 Å². The second kappa shape index (κ2) is 7.53. The Bertz CT molecular complexity index is 887. The van der Waals surface area contributed by atoms with Gasteiger partial charge in [0.05, 0.1) is 0 Å². The second-order valence-corrected chi connectivity index (χ2v) is 6.71. The molecule has 0 saturated heterocycles. The first-order chi connectivity index (χ1) is 12.1. The third-order valence-electron chi connectivity index (χ3n) is 3.92. The van der Waals surface area contributed by atoms with Crippen LogP contribution in [0, 0.1) is 6.92 Å². The summed E-state index contributed by atoms with van der Waals surface area (Å²) in [5, 5.41) is 9.62. The Kier molecular flexibility index (Phi) is 5.19. The number of aryl methyl sites for hydroxylation is 1. The summed E-state index contributed by atoms with van der Waals surface area (Å²) in [6.45, 7) is 4.97. The number of benzene rings is 2. The fraction of sp³-hybridized carbons (Fsp3) is 0.211. The van der Waals surface area contributed by atoms with Crippen LogP contribution >= 0.6 is 11.8 Å². The van der Waals surface area contributed by atoms with E-state index in [2.05, 4.69) is 46.8 Å². The minimum absolute atomic E-state index is 0.410. The number of nitrogens with zero attached hydrogens (tertiary/aromatic N) is 3. The molecule has 0 saturated carbocycles. The summed E-state index contributed by atoms with van der Waals surface area (Å²) < 4.78 is 2.12. The van der Waals surface area contributed by atoms with Crippen molar-refractivity contribution < 1.29 is 4.79 Å². The average Bonchev–Trinajstić information content (AvgIpc) is 3.03. The highest BCUT2D eigenvalue weighted by Gasteiger charge is 2.13. The fourth-order valence-corrected chi connectivity index (χ4v) is 3.55. The number of amides is 1. The molecule has 128 valence electrons. The molecule has 0 radical (unpaired) electrons. The van der Waals surface area contributed by atoms with Gasteiger partial charge in [0.2, 0.25) is 5.91 Å². The largest absolute Gasteiger partial charge is 0.366 e. The van der Waals surface area contributed by atoms with Crippen molar-refractivity contribution in [1.29, 1.82) is 0 Å². The zero-order valence-corrected chi connectivity index (χ0v) is 15.1. The van der Waals surface area contributed by atoms with E-state index in [9.17, 15) is 4.79 Å². The molecule has 0 spiro atoms. The van der Waals surface area contributed by atoms with Crippen LogP contribution in [0.1, 0.15) is 28.4 Å². The van der Waals surface area contributed by atoms with Gasteiger partial charge < -0.3 is 10.3 Å². The first-order valence-corrected chi connectivity index (χ1v) is 9.09. The summed E-state index contributed by atoms with van der Waals surface area (Å²) in [5.74, 6) is 1.23. The van der Waals surface area contributed by atoms with Crippen LogP contribution in [0.5, 0.6) is 0 Å². The molecule has 1 amide bonds. The molecule has 3 rings (SSSR count). The number of nitrogens with two attached hydrogens (primary N) is 1. The van der Waals surface area contributed by atoms with E-state index in [0.717, 1.165) is 34.4 Å². The first kappa shape index (κ1) is 17.2. The van der Waals surface area contributed by atoms with Crippen LogP contribution in [-0.2, 0) is 12.3 Å². The van der Waals surface area contributed by atoms with Crippen molar-refractivity contribution in [3.63, 3.8) is 0 Å². The van der Waals surface area contributed by atoms with Crippen LogP contribution in [0.15, 0.2) is 53.7 Å². The van der Waals surface area contributed by atoms with Gasteiger partial charge in [0, 0.05) is 23.4 Å². The minimum atomic E-state index is -0.410. The van der Waals surface area contributed by atoms with Crippen LogP contribution in [0.2, 0.25) is 0 Å². The van der Waals surface area contributed by atoms with Crippen molar-refractivity contribution in [3.05, 3.63) is 65.2 Å². The van der Waals surface area contributed by atoms with Crippen molar-refractivity contribution in [1.82, 2.24) is 14.8 Å². The van der Waals surface area contributed by atoms with Crippen molar-refractivity contribution in [3.8, 4) is 11.4 Å². The van der Waals surface area contributed by atoms with Crippen LogP contribution < -0.4 is 5.73 Å². The number of aromatic nitrogens is 3. The van der Waals surface area contributed by atoms with Crippen LogP contribution in [0.3, 0.4) is 0 Å². The highest BCUT2D eigenvalue weighted by molar-refractivity contribution is 7.98. The molecule has 2 N–H and O–H groups in total. The van der Waals surface area contributed by atoms with Crippen molar-refractivity contribution in [2.45, 2.75) is 31.3 Å². The van der Waals surface area contributed by atoms with E-state index in [1.165, 1.54) is 5.56 Å². The Morgan fingerprint density at radius 2 is 1.92 bits per heavy atom. The third-order valence-corrected chi connectivity index (χ3v) is 4.95. The Morgan fingerprint density at radius 1 is 1.16 bits per heavy atom. The molecule has 0 unspecified atom stereocenters. The molecule has 0 aliphatic rings. The number of primary amides is 1. The van der Waals surface area contributed by atoms with Gasteiger partial charge in [0.1, 0.15) is 0 Å². The maximum absolute atomic E-state index is 11.1. The van der Waals surface area contributed by atoms with E-state index < -0.39 is 5.91 Å². The molecular formula is C19H20N4OS. The lowest BCUT2D eigenvalue weighted by atomic mass is 10.1. The molecule has 2 aromatic carbocycles. The van der Waals surface area contributed by atoms with Gasteiger partial charge in [-0.2, -0.15) is 0 Å². The zero-order valence-electron chi connectivity index (χ0n) is 14.3. The van der Waals surface area contributed by atoms with Gasteiger partial charge in [-0.05, 0) is 37.6 Å². The zero-order chi connectivity index (χ0) is 17.8. The van der Waals surface area contributed by atoms with Gasteiger partial charge in [0.25, 0.3) is 0 Å². The van der Waals surface area contributed by atoms with E-state index in [1.54, 1.807) is 23.9 Å². The average molecular weight is 352 g/mol. The lowest BCUT2D eigenvalue weighted by molar-refractivity contribution is 0.100. The highest BCUT2D eigenvalue weighted by atomic mass is 32.2. The van der Waals surface area contributed by atoms with Crippen molar-refractivity contribution >= 4 is 17.7 Å². The van der Waals surface area contributed by atoms with Gasteiger partial charge in [-0.1, -0.05) is 47.7 Å². The molecule has 0 aliphatic heterocycles. The quantitative estimate of drug-likeness (QED) is 0.687. The number of rotatable bonds is 6. The van der Waals surface area contributed by atoms with Gasteiger partial charge in [-0.15, -0.1) is 10.2 Å². The first-order valence-electron chi connectivity index (χ1n) is 8.10. The molecule has 3 aromatic rings. The molecule has 25 heavy (non-hydrogen) atoms. The Balaban J connectivity index is 1.78. The molecule has 0 atom stereocenters. The predicted octanol–water partition coefficient (Wildman–Crippen LogP) is 3.66. The normalized spacial score (nSPS) is 10.8. The lowest BCUT2D eigenvalue weighted by Crippen LogP contribution is -2.10. The predicted molar refractivity (Wildman–Crippen MR) is 100 cm³/mol. The molecule has 0 fully saturated rings. The summed E-state index contributed by atoms with van der Waals surface area (Å²) in [6, 6.07) is 15.6. The molecule has 5 nitrogen and oxygen atoms in total. The maximum Gasteiger partial charge on any atom is 0.248 e. The van der Waals surface area contributed by atoms with E-state index in [4.69, 9.17) is 5.73 Å². The molecular weight excluding hydrogens is 332 g/mol. The number of hydrogen-bond donors (Lipinski definition) is 1. The summed E-state index contributed by atoms with van der Waals surface area (Å²) in [4.78, 5) is 11.1. The third kappa shape index (κ3) is 3.91. The minimum Gasteiger partial charge on any atom is -0.366 e. The van der Waals surface area contributed by atoms with E-state index in [0.29, 0.717) is 5.56 Å². The van der Waals surface area contributed by atoms with Gasteiger partial charge >= 0.3 is 0 Å². The highest BCUT2D eigenvalue weighted by Crippen LogP contribution is 2.26. The summed E-state index contributed by atoms with van der Waals surface area (Å²) in [7, 11) is 0. The number of hydrogen-bond acceptors (Lipinski definition) is 4. The number of carbonyl (C=O) groups excluding carboxylic acids is 1. The maximum atomic E-state index is 11.1. The summed E-state index contributed by atoms with van der Waals surface area (Å²) in [5.41, 5.74) is 9.18. The van der Waals surface area contributed by atoms with Crippen molar-refractivity contribution in [2.75, 3.05) is 0 Å². The molecule has 6 heteroatoms. The van der Waals surface area contributed by atoms with Crippen LogP contribution in [0.25, 0.3) is 11.4 Å². The summed E-state index contributed by atoms with van der Waals surface area (Å²) >= 11 is 1.63. The molecule has 0 bridgehead atoms. The molecule has 0 aliphatic carbocycles. The Hall–Kier alpha value is -2.60. The summed E-state index contributed by atoms with van der Waals surface area (Å²) in [6.07, 6.45) is 0. The van der Waals surface area contributed by atoms with Crippen LogP contribution in [0.4, 0.5) is 0 Å². The molecule has 1 heterocycles. The lowest BCUT2D eigenvalue weighted by Gasteiger charge is -2.08. The van der Waals surface area contributed by atoms with Gasteiger partial charge in [-0.3, -0.25) is 4.79 Å². The second-order valence-electron chi connectivity index (χ2n) is 5.77. The van der Waals surface area contributed by atoms with E-state index >= 15 is 0 Å². The Labute approximate surface area is 151 Å². The standard InChI is InChI=1S/C19H20N4OS/c1-3-23-18(16-6-4-5-13(2)11-16)21-22-19(23)25-12-14-7-9-15(10-8-14)17(20)24/h4-11H,3,12H2,1-2H3,(H2,20,24). The fourth-order valence-electron chi connectivity index (χ4n) is 2.59. The van der Waals surface area contributed by atoms with Crippen molar-refractivity contribution in [2.24, 2.45) is 5.73 Å². The van der Waals surface area contributed by atoms with E-state index in [-0.39, 0.29) is 0 Å². The van der Waals surface area contributed by atoms with Gasteiger partial charge in [-0.25, -0.2) is 0 Å². The smallest absolute Gasteiger partial charge is 0.248 e. The Morgan fingerprint density at radius 3 is 2.56 bits per heavy atom. The monoisotopic (exact) mass is 352 g/mol. The SMILES string of the molecule is CCn1c(SCc2ccc(C(N)=O)cc2)nnc1-c1cccc(C)c1. The van der Waals surface area contributed by atoms with E-state index in [1.807, 2.05) is 18.2 Å². The number of thioether (sulfide) groups is 1. The topological polar surface area (TPSA) is 73.8 Å². The molecule has 1 aromatic heterocycles. The van der Waals surface area contributed by atoms with Crippen LogP contribution in [-0.4, -0.2) is 20.7 Å². The number of carbonyl (C=O) groups is 1.